The van der Waals surface area contributed by atoms with Crippen molar-refractivity contribution in [1.82, 2.24) is 14.3 Å². The van der Waals surface area contributed by atoms with E-state index in [0.717, 1.165) is 28.0 Å². The number of nitrogens with zero attached hydrogens (tertiary/aromatic N) is 2. The van der Waals surface area contributed by atoms with Crippen LogP contribution in [0.4, 0.5) is 0 Å². The van der Waals surface area contributed by atoms with Gasteiger partial charge in [0.15, 0.2) is 0 Å². The van der Waals surface area contributed by atoms with Crippen molar-refractivity contribution in [3.63, 3.8) is 0 Å². The van der Waals surface area contributed by atoms with Gasteiger partial charge in [-0.05, 0) is 56.4 Å². The average Bonchev–Trinajstić information content (AvgIpc) is 3.22. The van der Waals surface area contributed by atoms with Crippen molar-refractivity contribution >= 4 is 21.4 Å². The van der Waals surface area contributed by atoms with E-state index in [1.165, 1.54) is 11.3 Å². The first-order valence-electron chi connectivity index (χ1n) is 9.75. The smallest absolute Gasteiger partial charge is 0.251 e. The monoisotopic (exact) mass is 431 g/mol. The van der Waals surface area contributed by atoms with Crippen LogP contribution in [0.5, 0.6) is 0 Å². The highest BCUT2D eigenvalue weighted by atomic mass is 32.2. The Bertz CT molecular complexity index is 1060. The molecule has 0 saturated heterocycles. The Morgan fingerprint density at radius 1 is 1.21 bits per heavy atom. The zero-order valence-electron chi connectivity index (χ0n) is 17.6. The highest BCUT2D eigenvalue weighted by Crippen LogP contribution is 2.37. The van der Waals surface area contributed by atoms with Crippen molar-refractivity contribution in [2.45, 2.75) is 57.3 Å². The van der Waals surface area contributed by atoms with Gasteiger partial charge in [0.05, 0.1) is 6.33 Å². The molecule has 0 bridgehead atoms. The van der Waals surface area contributed by atoms with Crippen LogP contribution in [-0.2, 0) is 23.0 Å². The molecule has 3 rings (SSSR count). The fourth-order valence-corrected chi connectivity index (χ4v) is 6.57. The van der Waals surface area contributed by atoms with Crippen LogP contribution in [0.25, 0.3) is 11.1 Å². The third kappa shape index (κ3) is 5.78. The number of rotatable bonds is 7. The molecule has 7 heteroatoms. The molecule has 5 nitrogen and oxygen atoms in total. The first-order valence-corrected chi connectivity index (χ1v) is 12.1. The predicted octanol–water partition coefficient (Wildman–Crippen LogP) is 4.94. The summed E-state index contributed by atoms with van der Waals surface area (Å²) in [6, 6.07) is 10.1. The van der Waals surface area contributed by atoms with Crippen LogP contribution in [0.2, 0.25) is 0 Å². The second-order valence-electron chi connectivity index (χ2n) is 8.80. The molecule has 29 heavy (non-hydrogen) atoms. The average molecular weight is 432 g/mol. The van der Waals surface area contributed by atoms with Crippen molar-refractivity contribution in [1.29, 1.82) is 0 Å². The summed E-state index contributed by atoms with van der Waals surface area (Å²) in [4.78, 5) is 5.17. The van der Waals surface area contributed by atoms with Gasteiger partial charge < -0.3 is 4.57 Å². The maximum atomic E-state index is 13.2. The largest absolute Gasteiger partial charge is 0.333 e. The van der Waals surface area contributed by atoms with Crippen molar-refractivity contribution < 1.29 is 8.42 Å². The van der Waals surface area contributed by atoms with E-state index in [1.807, 2.05) is 55.8 Å². The van der Waals surface area contributed by atoms with Crippen LogP contribution in [-0.4, -0.2) is 23.5 Å². The number of hydrogen-bond acceptors (Lipinski definition) is 4. The molecule has 0 atom stereocenters. The zero-order chi connectivity index (χ0) is 21.2. The zero-order valence-corrected chi connectivity index (χ0v) is 19.3. The summed E-state index contributed by atoms with van der Waals surface area (Å²) in [6.45, 7) is 10.6. The number of imidazole rings is 1. The molecule has 0 aliphatic heterocycles. The molecule has 2 aromatic heterocycles. The summed E-state index contributed by atoms with van der Waals surface area (Å²) in [7, 11) is -3.62. The Kier molecular flexibility index (Phi) is 6.31. The van der Waals surface area contributed by atoms with Crippen molar-refractivity contribution in [2.75, 3.05) is 0 Å². The van der Waals surface area contributed by atoms with Gasteiger partial charge in [0.25, 0.3) is 10.0 Å². The third-order valence-electron chi connectivity index (χ3n) is 4.21. The number of nitrogens with one attached hydrogen (secondary N) is 1. The SMILES string of the molecule is CC(C)Cc1cc(-c2cccc(Cn3ccnc3)c2)c(S(=O)(=O)NC(C)(C)C)s1. The molecule has 2 heterocycles. The van der Waals surface area contributed by atoms with E-state index in [4.69, 9.17) is 0 Å². The molecule has 0 fully saturated rings. The Hall–Kier alpha value is -1.96. The minimum atomic E-state index is -3.62. The Labute approximate surface area is 177 Å². The third-order valence-corrected chi connectivity index (χ3v) is 7.65. The minimum Gasteiger partial charge on any atom is -0.333 e. The Morgan fingerprint density at radius 2 is 1.97 bits per heavy atom. The number of aromatic nitrogens is 2. The van der Waals surface area contributed by atoms with Crippen molar-refractivity contribution in [2.24, 2.45) is 5.92 Å². The second kappa shape index (κ2) is 8.42. The molecule has 0 saturated carbocycles. The van der Waals surface area contributed by atoms with Crippen LogP contribution >= 0.6 is 11.3 Å². The van der Waals surface area contributed by atoms with Crippen LogP contribution < -0.4 is 4.72 Å². The Balaban J connectivity index is 2.04. The first-order chi connectivity index (χ1) is 13.5. The maximum absolute atomic E-state index is 13.2. The molecular formula is C22H29N3O2S2. The van der Waals surface area contributed by atoms with Gasteiger partial charge in [0.2, 0.25) is 0 Å². The van der Waals surface area contributed by atoms with E-state index in [1.54, 1.807) is 12.5 Å². The lowest BCUT2D eigenvalue weighted by Crippen LogP contribution is -2.40. The first kappa shape index (κ1) is 21.7. The predicted molar refractivity (Wildman–Crippen MR) is 120 cm³/mol. The molecule has 0 unspecified atom stereocenters. The topological polar surface area (TPSA) is 64.0 Å². The molecule has 1 aromatic carbocycles. The van der Waals surface area contributed by atoms with E-state index in [2.05, 4.69) is 29.6 Å². The van der Waals surface area contributed by atoms with Gasteiger partial charge in [0.1, 0.15) is 4.21 Å². The second-order valence-corrected chi connectivity index (χ2v) is 11.8. The van der Waals surface area contributed by atoms with Crippen molar-refractivity contribution in [3.05, 3.63) is 59.5 Å². The lowest BCUT2D eigenvalue weighted by atomic mass is 10.0. The molecule has 0 spiro atoms. The van der Waals surface area contributed by atoms with E-state index in [-0.39, 0.29) is 0 Å². The summed E-state index contributed by atoms with van der Waals surface area (Å²) < 4.78 is 31.5. The fraction of sp³-hybridized carbons (Fsp3) is 0.409. The molecule has 0 amide bonds. The number of sulfonamides is 1. The van der Waals surface area contributed by atoms with E-state index in [0.29, 0.717) is 16.7 Å². The summed E-state index contributed by atoms with van der Waals surface area (Å²) in [6.07, 6.45) is 6.31. The van der Waals surface area contributed by atoms with E-state index in [9.17, 15) is 8.42 Å². The molecular weight excluding hydrogens is 402 g/mol. The molecule has 1 N–H and O–H groups in total. The minimum absolute atomic E-state index is 0.392. The van der Waals surface area contributed by atoms with E-state index >= 15 is 0 Å². The van der Waals surface area contributed by atoms with Gasteiger partial charge in [-0.25, -0.2) is 18.1 Å². The van der Waals surface area contributed by atoms with Crippen molar-refractivity contribution in [3.8, 4) is 11.1 Å². The summed E-state index contributed by atoms with van der Waals surface area (Å²) in [5.41, 5.74) is 2.25. The Morgan fingerprint density at radius 3 is 2.59 bits per heavy atom. The van der Waals surface area contributed by atoms with E-state index < -0.39 is 15.6 Å². The fourth-order valence-electron chi connectivity index (χ4n) is 3.20. The lowest BCUT2D eigenvalue weighted by Gasteiger charge is -2.20. The van der Waals surface area contributed by atoms with Crippen LogP contribution in [0.1, 0.15) is 45.1 Å². The van der Waals surface area contributed by atoms with Gasteiger partial charge in [-0.1, -0.05) is 32.0 Å². The molecule has 0 aliphatic carbocycles. The van der Waals surface area contributed by atoms with Gasteiger partial charge in [0, 0.05) is 34.9 Å². The highest BCUT2D eigenvalue weighted by Gasteiger charge is 2.28. The number of thiophene rings is 1. The maximum Gasteiger partial charge on any atom is 0.251 e. The number of hydrogen-bond donors (Lipinski definition) is 1. The normalized spacial score (nSPS) is 12.6. The molecule has 3 aromatic rings. The lowest BCUT2D eigenvalue weighted by molar-refractivity contribution is 0.493. The standard InChI is InChI=1S/C22H29N3O2S2/c1-16(2)11-19-13-20(21(28-19)29(26,27)24-22(3,4)5)18-8-6-7-17(12-18)14-25-10-9-23-15-25/h6-10,12-13,15-16,24H,11,14H2,1-5H3. The van der Waals surface area contributed by atoms with Gasteiger partial charge in [-0.3, -0.25) is 0 Å². The van der Waals surface area contributed by atoms with Crippen LogP contribution in [0.3, 0.4) is 0 Å². The highest BCUT2D eigenvalue weighted by molar-refractivity contribution is 7.91. The molecule has 0 radical (unpaired) electrons. The van der Waals surface area contributed by atoms with Gasteiger partial charge in [-0.2, -0.15) is 0 Å². The molecule has 156 valence electrons. The molecule has 0 aliphatic rings. The van der Waals surface area contributed by atoms with Gasteiger partial charge >= 0.3 is 0 Å². The van der Waals surface area contributed by atoms with Crippen LogP contribution in [0, 0.1) is 5.92 Å². The van der Waals surface area contributed by atoms with Crippen LogP contribution in [0.15, 0.2) is 53.3 Å². The quantitative estimate of drug-likeness (QED) is 0.576. The van der Waals surface area contributed by atoms with Gasteiger partial charge in [-0.15, -0.1) is 11.3 Å². The number of benzene rings is 1. The summed E-state index contributed by atoms with van der Waals surface area (Å²) in [5, 5.41) is 0. The summed E-state index contributed by atoms with van der Waals surface area (Å²) >= 11 is 1.38. The summed E-state index contributed by atoms with van der Waals surface area (Å²) in [5.74, 6) is 0.459.